The van der Waals surface area contributed by atoms with Gasteiger partial charge in [-0.3, -0.25) is 19.6 Å². The van der Waals surface area contributed by atoms with Gasteiger partial charge in [-0.1, -0.05) is 55.3 Å². The van der Waals surface area contributed by atoms with Gasteiger partial charge in [0.05, 0.1) is 0 Å². The second-order valence-electron chi connectivity index (χ2n) is 9.66. The first kappa shape index (κ1) is 28.3. The van der Waals surface area contributed by atoms with Gasteiger partial charge in [-0.15, -0.1) is 0 Å². The Labute approximate surface area is 219 Å². The standard InChI is InChI=1S/C29H39N3O5/c33-27(17-6-1-2-7-18-28(34)32-36)31-24-14-10-13-23(19-24)21-30-26(20-22-11-4-3-5-12-22)29(35)37-25-15-8-9-16-25/h3-5,10-14,19,25-26,30,36H,1-2,6-9,15-18,20-21H2,(H,31,33)(H,32,34)/t26-/m0/s1. The van der Waals surface area contributed by atoms with Crippen LogP contribution in [0.3, 0.4) is 0 Å². The van der Waals surface area contributed by atoms with Crippen LogP contribution in [0, 0.1) is 0 Å². The molecule has 1 saturated carbocycles. The van der Waals surface area contributed by atoms with Crippen molar-refractivity contribution in [3.8, 4) is 0 Å². The molecule has 37 heavy (non-hydrogen) atoms. The van der Waals surface area contributed by atoms with E-state index < -0.39 is 6.04 Å². The third kappa shape index (κ3) is 10.7. The molecular weight excluding hydrogens is 470 g/mol. The summed E-state index contributed by atoms with van der Waals surface area (Å²) >= 11 is 0. The molecule has 1 aliphatic rings. The smallest absolute Gasteiger partial charge is 0.323 e. The number of hydroxylamine groups is 1. The van der Waals surface area contributed by atoms with Crippen LogP contribution in [-0.2, 0) is 32.1 Å². The Bertz CT molecular complexity index is 992. The molecule has 1 aliphatic carbocycles. The van der Waals surface area contributed by atoms with Crippen LogP contribution in [0.2, 0.25) is 0 Å². The molecule has 2 aromatic carbocycles. The van der Waals surface area contributed by atoms with Crippen LogP contribution < -0.4 is 16.1 Å². The Morgan fingerprint density at radius 3 is 2.24 bits per heavy atom. The largest absolute Gasteiger partial charge is 0.461 e. The van der Waals surface area contributed by atoms with Gasteiger partial charge >= 0.3 is 5.97 Å². The van der Waals surface area contributed by atoms with Crippen molar-refractivity contribution < 1.29 is 24.3 Å². The molecular formula is C29H39N3O5. The van der Waals surface area contributed by atoms with Crippen molar-refractivity contribution >= 4 is 23.5 Å². The van der Waals surface area contributed by atoms with E-state index in [0.717, 1.165) is 61.8 Å². The molecule has 0 radical (unpaired) electrons. The summed E-state index contributed by atoms with van der Waals surface area (Å²) < 4.78 is 5.80. The van der Waals surface area contributed by atoms with E-state index in [-0.39, 0.29) is 30.3 Å². The lowest BCUT2D eigenvalue weighted by atomic mass is 10.1. The van der Waals surface area contributed by atoms with Crippen molar-refractivity contribution in [3.63, 3.8) is 0 Å². The highest BCUT2D eigenvalue weighted by Gasteiger charge is 2.25. The van der Waals surface area contributed by atoms with Gasteiger partial charge in [-0.2, -0.15) is 0 Å². The lowest BCUT2D eigenvalue weighted by molar-refractivity contribution is -0.151. The van der Waals surface area contributed by atoms with Crippen LogP contribution in [0.5, 0.6) is 0 Å². The summed E-state index contributed by atoms with van der Waals surface area (Å²) in [5.74, 6) is -0.651. The molecule has 0 saturated heterocycles. The molecule has 0 aromatic heterocycles. The van der Waals surface area contributed by atoms with E-state index in [9.17, 15) is 14.4 Å². The topological polar surface area (TPSA) is 117 Å². The number of amides is 2. The van der Waals surface area contributed by atoms with Crippen LogP contribution in [0.25, 0.3) is 0 Å². The van der Waals surface area contributed by atoms with Crippen molar-refractivity contribution in [1.29, 1.82) is 0 Å². The highest BCUT2D eigenvalue weighted by Crippen LogP contribution is 2.22. The maximum absolute atomic E-state index is 13.0. The normalized spacial score (nSPS) is 14.2. The van der Waals surface area contributed by atoms with Gasteiger partial charge in [0.2, 0.25) is 11.8 Å². The van der Waals surface area contributed by atoms with Gasteiger partial charge in [0.1, 0.15) is 12.1 Å². The molecule has 3 rings (SSSR count). The first-order valence-corrected chi connectivity index (χ1v) is 13.3. The summed E-state index contributed by atoms with van der Waals surface area (Å²) in [5.41, 5.74) is 4.38. The van der Waals surface area contributed by atoms with E-state index in [0.29, 0.717) is 25.8 Å². The summed E-state index contributed by atoms with van der Waals surface area (Å²) in [6, 6.07) is 17.1. The number of carbonyl (C=O) groups excluding carboxylic acids is 3. The van der Waals surface area contributed by atoms with Gasteiger partial charge in [0, 0.05) is 25.1 Å². The lowest BCUT2D eigenvalue weighted by Gasteiger charge is -2.21. The summed E-state index contributed by atoms with van der Waals surface area (Å²) in [5, 5.41) is 14.8. The average Bonchev–Trinajstić information content (AvgIpc) is 3.42. The minimum absolute atomic E-state index is 0.0196. The van der Waals surface area contributed by atoms with E-state index in [4.69, 9.17) is 9.94 Å². The molecule has 2 aromatic rings. The van der Waals surface area contributed by atoms with Gasteiger partial charge in [0.15, 0.2) is 0 Å². The van der Waals surface area contributed by atoms with Crippen molar-refractivity contribution in [2.45, 2.75) is 89.3 Å². The van der Waals surface area contributed by atoms with E-state index in [1.807, 2.05) is 54.6 Å². The van der Waals surface area contributed by atoms with Crippen LogP contribution in [0.4, 0.5) is 5.69 Å². The number of ether oxygens (including phenoxy) is 1. The fraction of sp³-hybridized carbons (Fsp3) is 0.483. The van der Waals surface area contributed by atoms with Crippen molar-refractivity contribution in [2.75, 3.05) is 5.32 Å². The van der Waals surface area contributed by atoms with Gasteiger partial charge in [-0.25, -0.2) is 5.48 Å². The molecule has 200 valence electrons. The number of benzene rings is 2. The highest BCUT2D eigenvalue weighted by molar-refractivity contribution is 5.90. The zero-order valence-electron chi connectivity index (χ0n) is 21.4. The number of carbonyl (C=O) groups is 3. The molecule has 2 amide bonds. The van der Waals surface area contributed by atoms with Crippen molar-refractivity contribution in [1.82, 2.24) is 10.8 Å². The number of nitrogens with one attached hydrogen (secondary N) is 3. The Hall–Kier alpha value is -3.23. The van der Waals surface area contributed by atoms with Gasteiger partial charge in [0.25, 0.3) is 0 Å². The summed E-state index contributed by atoms with van der Waals surface area (Å²) in [4.78, 5) is 36.3. The van der Waals surface area contributed by atoms with E-state index in [2.05, 4.69) is 10.6 Å². The molecule has 1 atom stereocenters. The summed E-state index contributed by atoms with van der Waals surface area (Å²) in [6.45, 7) is 0.475. The summed E-state index contributed by atoms with van der Waals surface area (Å²) in [6.07, 6.45) is 8.44. The molecule has 0 heterocycles. The lowest BCUT2D eigenvalue weighted by Crippen LogP contribution is -2.40. The molecule has 4 N–H and O–H groups in total. The van der Waals surface area contributed by atoms with Gasteiger partial charge < -0.3 is 15.4 Å². The van der Waals surface area contributed by atoms with E-state index >= 15 is 0 Å². The maximum atomic E-state index is 13.0. The molecule has 0 unspecified atom stereocenters. The van der Waals surface area contributed by atoms with Crippen molar-refractivity contribution in [3.05, 3.63) is 65.7 Å². The fourth-order valence-corrected chi connectivity index (χ4v) is 4.55. The number of hydrogen-bond acceptors (Lipinski definition) is 6. The van der Waals surface area contributed by atoms with E-state index in [1.165, 1.54) is 0 Å². The zero-order valence-corrected chi connectivity index (χ0v) is 21.4. The second kappa shape index (κ2) is 15.8. The first-order chi connectivity index (χ1) is 18.0. The third-order valence-corrected chi connectivity index (χ3v) is 6.60. The molecule has 8 nitrogen and oxygen atoms in total. The SMILES string of the molecule is O=C(CCCCCCC(=O)Nc1cccc(CN[C@@H](Cc2ccccc2)C(=O)OC2CCCC2)c1)NO. The van der Waals surface area contributed by atoms with Gasteiger partial charge in [-0.05, 0) is 68.2 Å². The molecule has 0 bridgehead atoms. The number of hydrogen-bond donors (Lipinski definition) is 4. The maximum Gasteiger partial charge on any atom is 0.323 e. The first-order valence-electron chi connectivity index (χ1n) is 13.3. The predicted octanol–water partition coefficient (Wildman–Crippen LogP) is 4.66. The Balaban J connectivity index is 1.47. The number of esters is 1. The monoisotopic (exact) mass is 509 g/mol. The van der Waals surface area contributed by atoms with E-state index in [1.54, 1.807) is 5.48 Å². The summed E-state index contributed by atoms with van der Waals surface area (Å²) in [7, 11) is 0. The minimum atomic E-state index is -0.454. The molecule has 8 heteroatoms. The third-order valence-electron chi connectivity index (χ3n) is 6.60. The minimum Gasteiger partial charge on any atom is -0.461 e. The van der Waals surface area contributed by atoms with Crippen LogP contribution in [0.1, 0.15) is 75.3 Å². The molecule has 1 fully saturated rings. The van der Waals surface area contributed by atoms with Crippen LogP contribution in [-0.4, -0.2) is 35.1 Å². The Kier molecular flexibility index (Phi) is 12.1. The number of anilines is 1. The fourth-order valence-electron chi connectivity index (χ4n) is 4.55. The predicted molar refractivity (Wildman–Crippen MR) is 142 cm³/mol. The van der Waals surface area contributed by atoms with Crippen LogP contribution in [0.15, 0.2) is 54.6 Å². The Morgan fingerprint density at radius 1 is 0.865 bits per heavy atom. The second-order valence-corrected chi connectivity index (χ2v) is 9.66. The quantitative estimate of drug-likeness (QED) is 0.120. The number of rotatable bonds is 15. The molecule has 0 spiro atoms. The van der Waals surface area contributed by atoms with Crippen LogP contribution >= 0.6 is 0 Å². The molecule has 0 aliphatic heterocycles. The average molecular weight is 510 g/mol. The Morgan fingerprint density at radius 2 is 1.54 bits per heavy atom. The number of unbranched alkanes of at least 4 members (excludes halogenated alkanes) is 3. The highest BCUT2D eigenvalue weighted by atomic mass is 16.5. The zero-order chi connectivity index (χ0) is 26.3. The van der Waals surface area contributed by atoms with Crippen molar-refractivity contribution in [2.24, 2.45) is 0 Å².